The summed E-state index contributed by atoms with van der Waals surface area (Å²) < 4.78 is 15.4. The second-order valence-electron chi connectivity index (χ2n) is 8.01. The quantitative estimate of drug-likeness (QED) is 0.494. The Bertz CT molecular complexity index is 928. The van der Waals surface area contributed by atoms with E-state index in [1.807, 2.05) is 36.4 Å². The Balaban J connectivity index is 1.60. The van der Waals surface area contributed by atoms with Crippen molar-refractivity contribution < 1.29 is 4.39 Å². The normalized spacial score (nSPS) is 15.2. The molecule has 152 valence electrons. The molecule has 1 heterocycles. The molecule has 0 saturated heterocycles. The minimum atomic E-state index is -0.218. The Hall–Kier alpha value is -2.17. The van der Waals surface area contributed by atoms with E-state index in [9.17, 15) is 4.39 Å². The topological polar surface area (TPSA) is 21.1 Å². The minimum absolute atomic E-state index is 0.218. The molecule has 1 aliphatic rings. The summed E-state index contributed by atoms with van der Waals surface area (Å²) in [6.45, 7) is 0.835. The third-order valence-electron chi connectivity index (χ3n) is 5.82. The van der Waals surface area contributed by atoms with E-state index < -0.39 is 0 Å². The summed E-state index contributed by atoms with van der Waals surface area (Å²) >= 11 is 6.08. The molecule has 2 aromatic carbocycles. The highest BCUT2D eigenvalue weighted by Gasteiger charge is 2.20. The Morgan fingerprint density at radius 1 is 1.03 bits per heavy atom. The lowest BCUT2D eigenvalue weighted by atomic mass is 9.94. The average molecular weight is 412 g/mol. The SMILES string of the molecule is CN(Cc1cn(-c2ccc(Cl)cc2)c(Cc2ccc(F)cc2)n1)C1CCCCC1. The van der Waals surface area contributed by atoms with Gasteiger partial charge in [0.05, 0.1) is 5.69 Å². The van der Waals surface area contributed by atoms with E-state index in [2.05, 4.69) is 22.7 Å². The lowest BCUT2D eigenvalue weighted by Crippen LogP contribution is -2.32. The maximum absolute atomic E-state index is 13.3. The standard InChI is InChI=1S/C24H27ClFN3/c1-28(22-5-3-2-4-6-22)16-21-17-29(23-13-9-19(25)10-14-23)24(27-21)15-18-7-11-20(26)12-8-18/h7-14,17,22H,2-6,15-16H2,1H3. The van der Waals surface area contributed by atoms with Crippen LogP contribution in [-0.4, -0.2) is 27.5 Å². The van der Waals surface area contributed by atoms with Gasteiger partial charge in [0.2, 0.25) is 0 Å². The van der Waals surface area contributed by atoms with Crippen molar-refractivity contribution in [3.05, 3.63) is 82.6 Å². The predicted octanol–water partition coefficient (Wildman–Crippen LogP) is 6.02. The zero-order valence-corrected chi connectivity index (χ0v) is 17.6. The smallest absolute Gasteiger partial charge is 0.123 e. The van der Waals surface area contributed by atoms with Gasteiger partial charge in [-0.1, -0.05) is 43.0 Å². The van der Waals surface area contributed by atoms with Gasteiger partial charge in [-0.25, -0.2) is 9.37 Å². The van der Waals surface area contributed by atoms with Crippen molar-refractivity contribution in [1.82, 2.24) is 14.5 Å². The van der Waals surface area contributed by atoms with Crippen LogP contribution in [0.15, 0.2) is 54.7 Å². The third-order valence-corrected chi connectivity index (χ3v) is 6.07. The summed E-state index contributed by atoms with van der Waals surface area (Å²) in [5, 5.41) is 0.714. The molecule has 0 aliphatic heterocycles. The monoisotopic (exact) mass is 411 g/mol. The number of imidazole rings is 1. The van der Waals surface area contributed by atoms with Crippen LogP contribution in [0.25, 0.3) is 5.69 Å². The van der Waals surface area contributed by atoms with Gasteiger partial charge in [-0.15, -0.1) is 0 Å². The first-order chi connectivity index (χ1) is 14.1. The molecule has 1 aromatic heterocycles. The van der Waals surface area contributed by atoms with Crippen LogP contribution < -0.4 is 0 Å². The minimum Gasteiger partial charge on any atom is -0.303 e. The third kappa shape index (κ3) is 5.06. The van der Waals surface area contributed by atoms with Gasteiger partial charge in [-0.3, -0.25) is 4.90 Å². The number of aromatic nitrogens is 2. The maximum atomic E-state index is 13.3. The van der Waals surface area contributed by atoms with E-state index in [0.29, 0.717) is 17.5 Å². The van der Waals surface area contributed by atoms with Crippen LogP contribution in [0.2, 0.25) is 5.02 Å². The lowest BCUT2D eigenvalue weighted by molar-refractivity contribution is 0.183. The fourth-order valence-corrected chi connectivity index (χ4v) is 4.32. The van der Waals surface area contributed by atoms with E-state index >= 15 is 0 Å². The molecule has 0 bridgehead atoms. The zero-order valence-electron chi connectivity index (χ0n) is 16.8. The van der Waals surface area contributed by atoms with Crippen LogP contribution in [-0.2, 0) is 13.0 Å². The van der Waals surface area contributed by atoms with Crippen LogP contribution in [0, 0.1) is 5.82 Å². The van der Waals surface area contributed by atoms with Gasteiger partial charge >= 0.3 is 0 Å². The molecule has 3 nitrogen and oxygen atoms in total. The molecule has 0 spiro atoms. The van der Waals surface area contributed by atoms with Crippen LogP contribution in [0.3, 0.4) is 0 Å². The largest absolute Gasteiger partial charge is 0.303 e. The van der Waals surface area contributed by atoms with E-state index in [1.165, 1.54) is 44.2 Å². The summed E-state index contributed by atoms with van der Waals surface area (Å²) in [6.07, 6.45) is 9.33. The van der Waals surface area contributed by atoms with E-state index in [4.69, 9.17) is 16.6 Å². The molecule has 0 unspecified atom stereocenters. The second kappa shape index (κ2) is 9.10. The lowest BCUT2D eigenvalue weighted by Gasteiger charge is -2.30. The van der Waals surface area contributed by atoms with Gasteiger partial charge < -0.3 is 4.57 Å². The Labute approximate surface area is 177 Å². The first-order valence-corrected chi connectivity index (χ1v) is 10.7. The van der Waals surface area contributed by atoms with Crippen LogP contribution >= 0.6 is 11.6 Å². The Kier molecular flexibility index (Phi) is 6.31. The van der Waals surface area contributed by atoms with E-state index in [0.717, 1.165) is 29.3 Å². The molecule has 0 amide bonds. The first-order valence-electron chi connectivity index (χ1n) is 10.4. The van der Waals surface area contributed by atoms with Gasteiger partial charge in [-0.2, -0.15) is 0 Å². The number of hydrogen-bond acceptors (Lipinski definition) is 2. The van der Waals surface area contributed by atoms with Crippen LogP contribution in [0.5, 0.6) is 0 Å². The number of benzene rings is 2. The summed E-state index contributed by atoms with van der Waals surface area (Å²) in [6, 6.07) is 15.1. The Morgan fingerprint density at radius 3 is 2.41 bits per heavy atom. The van der Waals surface area contributed by atoms with Crippen molar-refractivity contribution in [3.8, 4) is 5.69 Å². The molecule has 0 N–H and O–H groups in total. The van der Waals surface area contributed by atoms with Crippen molar-refractivity contribution in [2.75, 3.05) is 7.05 Å². The van der Waals surface area contributed by atoms with E-state index in [-0.39, 0.29) is 5.82 Å². The molecule has 4 rings (SSSR count). The number of nitrogens with zero attached hydrogens (tertiary/aromatic N) is 3. The number of halogens is 2. The molecule has 3 aromatic rings. The van der Waals surface area contributed by atoms with Crippen LogP contribution in [0.1, 0.15) is 49.2 Å². The molecular weight excluding hydrogens is 385 g/mol. The summed E-state index contributed by atoms with van der Waals surface area (Å²) in [4.78, 5) is 7.40. The molecule has 1 aliphatic carbocycles. The number of hydrogen-bond donors (Lipinski definition) is 0. The van der Waals surface area contributed by atoms with Crippen LogP contribution in [0.4, 0.5) is 4.39 Å². The molecular formula is C24H27ClFN3. The second-order valence-corrected chi connectivity index (χ2v) is 8.44. The van der Waals surface area contributed by atoms with Crippen molar-refractivity contribution in [2.45, 2.75) is 51.1 Å². The fraction of sp³-hybridized carbons (Fsp3) is 0.375. The Morgan fingerprint density at radius 2 is 1.72 bits per heavy atom. The highest BCUT2D eigenvalue weighted by molar-refractivity contribution is 6.30. The first kappa shape index (κ1) is 20.1. The summed E-state index contributed by atoms with van der Waals surface area (Å²) in [5.74, 6) is 0.732. The molecule has 0 atom stereocenters. The zero-order chi connectivity index (χ0) is 20.2. The van der Waals surface area contributed by atoms with Gasteiger partial charge in [0, 0.05) is 35.9 Å². The summed E-state index contributed by atoms with van der Waals surface area (Å²) in [5.41, 5.74) is 3.13. The highest BCUT2D eigenvalue weighted by Crippen LogP contribution is 2.24. The van der Waals surface area contributed by atoms with Gasteiger partial charge in [-0.05, 0) is 61.9 Å². The molecule has 0 radical (unpaired) electrons. The summed E-state index contributed by atoms with van der Waals surface area (Å²) in [7, 11) is 2.21. The number of rotatable bonds is 6. The van der Waals surface area contributed by atoms with Crippen molar-refractivity contribution >= 4 is 11.6 Å². The van der Waals surface area contributed by atoms with Gasteiger partial charge in [0.15, 0.2) is 0 Å². The molecule has 1 fully saturated rings. The molecule has 29 heavy (non-hydrogen) atoms. The van der Waals surface area contributed by atoms with E-state index in [1.54, 1.807) is 0 Å². The fourth-order valence-electron chi connectivity index (χ4n) is 4.19. The van der Waals surface area contributed by atoms with Crippen molar-refractivity contribution in [2.24, 2.45) is 0 Å². The molecule has 5 heteroatoms. The van der Waals surface area contributed by atoms with Crippen molar-refractivity contribution in [3.63, 3.8) is 0 Å². The highest BCUT2D eigenvalue weighted by atomic mass is 35.5. The van der Waals surface area contributed by atoms with Gasteiger partial charge in [0.25, 0.3) is 0 Å². The molecule has 1 saturated carbocycles. The predicted molar refractivity (Wildman–Crippen MR) is 116 cm³/mol. The van der Waals surface area contributed by atoms with Crippen molar-refractivity contribution in [1.29, 1.82) is 0 Å². The average Bonchev–Trinajstić information content (AvgIpc) is 3.13. The van der Waals surface area contributed by atoms with Gasteiger partial charge in [0.1, 0.15) is 11.6 Å². The maximum Gasteiger partial charge on any atom is 0.123 e.